The largest absolute Gasteiger partial charge is 0.393 e. The van der Waals surface area contributed by atoms with E-state index in [1.165, 1.54) is 6.33 Å². The molecule has 2 aromatic rings. The summed E-state index contributed by atoms with van der Waals surface area (Å²) < 4.78 is 13.4. The van der Waals surface area contributed by atoms with Crippen LogP contribution in [0.25, 0.3) is 11.2 Å². The number of anilines is 1. The smallest absolute Gasteiger partial charge is 0.167 e. The Morgan fingerprint density at radius 1 is 1.47 bits per heavy atom. The molecular weight excluding hydrogens is 250 g/mol. The molecule has 3 N–H and O–H groups in total. The van der Waals surface area contributed by atoms with Crippen LogP contribution in [0.3, 0.4) is 0 Å². The van der Waals surface area contributed by atoms with Crippen molar-refractivity contribution in [1.29, 1.82) is 0 Å². The molecule has 2 aliphatic heterocycles. The highest BCUT2D eigenvalue weighted by Gasteiger charge is 2.54. The Morgan fingerprint density at radius 2 is 2.37 bits per heavy atom. The molecular formula is C11H13N5O3. The first kappa shape index (κ1) is 11.1. The summed E-state index contributed by atoms with van der Waals surface area (Å²) >= 11 is 0. The maximum atomic E-state index is 9.44. The Bertz CT molecular complexity index is 644. The summed E-state index contributed by atoms with van der Waals surface area (Å²) in [5, 5.41) is 9.44. The highest BCUT2D eigenvalue weighted by atomic mass is 16.6. The zero-order valence-corrected chi connectivity index (χ0v) is 10.1. The Balaban J connectivity index is 1.78. The third-order valence-electron chi connectivity index (χ3n) is 3.77. The van der Waals surface area contributed by atoms with Gasteiger partial charge in [0.15, 0.2) is 17.7 Å². The van der Waals surface area contributed by atoms with Crippen molar-refractivity contribution in [3.63, 3.8) is 0 Å². The maximum Gasteiger partial charge on any atom is 0.167 e. The minimum atomic E-state index is -0.593. The van der Waals surface area contributed by atoms with Crippen molar-refractivity contribution in [2.45, 2.75) is 24.4 Å². The van der Waals surface area contributed by atoms with Crippen LogP contribution in [-0.4, -0.2) is 49.5 Å². The minimum Gasteiger partial charge on any atom is -0.393 e. The summed E-state index contributed by atoms with van der Waals surface area (Å²) in [6.07, 6.45) is 3.26. The Hall–Kier alpha value is -1.77. The molecule has 2 bridgehead atoms. The molecule has 4 heterocycles. The number of aromatic nitrogens is 4. The van der Waals surface area contributed by atoms with E-state index in [0.29, 0.717) is 30.0 Å². The quantitative estimate of drug-likeness (QED) is 0.748. The molecule has 0 saturated carbocycles. The van der Waals surface area contributed by atoms with Crippen LogP contribution in [0, 0.1) is 0 Å². The van der Waals surface area contributed by atoms with E-state index < -0.39 is 5.60 Å². The fraction of sp³-hybridized carbons (Fsp3) is 0.545. The number of fused-ring (bicyclic) bond motifs is 3. The lowest BCUT2D eigenvalue weighted by atomic mass is 10.0. The number of nitrogens with zero attached hydrogens (tertiary/aromatic N) is 4. The standard InChI is InChI=1S/C11H13N5O3/c12-8-7-9(14-4-13-8)16(5-15-7)10-6-1-11(2-17,19-10)3-18-6/h4-6,10,17H,1-3H2,(H2,12,13,14)/t6-,10-,11+/m1/s1. The number of nitrogen functional groups attached to an aromatic ring is 1. The second-order valence-electron chi connectivity index (χ2n) is 4.99. The first-order valence-electron chi connectivity index (χ1n) is 6.06. The number of nitrogens with two attached hydrogens (primary N) is 1. The van der Waals surface area contributed by atoms with Crippen LogP contribution in [0.4, 0.5) is 5.82 Å². The van der Waals surface area contributed by atoms with Crippen LogP contribution in [-0.2, 0) is 9.47 Å². The van der Waals surface area contributed by atoms with Gasteiger partial charge >= 0.3 is 0 Å². The Kier molecular flexibility index (Phi) is 2.12. The van der Waals surface area contributed by atoms with Gasteiger partial charge < -0.3 is 20.3 Å². The molecule has 0 spiro atoms. The van der Waals surface area contributed by atoms with Crippen LogP contribution in [0.15, 0.2) is 12.7 Å². The Labute approximate surface area is 108 Å². The molecule has 0 aromatic carbocycles. The van der Waals surface area contributed by atoms with E-state index >= 15 is 0 Å². The normalized spacial score (nSPS) is 33.3. The highest BCUT2D eigenvalue weighted by molar-refractivity contribution is 5.81. The lowest BCUT2D eigenvalue weighted by molar-refractivity contribution is -0.182. The van der Waals surface area contributed by atoms with Crippen LogP contribution in [0.1, 0.15) is 12.6 Å². The second-order valence-corrected chi connectivity index (χ2v) is 4.99. The van der Waals surface area contributed by atoms with Crippen molar-refractivity contribution in [1.82, 2.24) is 19.5 Å². The van der Waals surface area contributed by atoms with Crippen molar-refractivity contribution in [3.8, 4) is 0 Å². The molecule has 3 atom stereocenters. The number of ether oxygens (including phenoxy) is 2. The van der Waals surface area contributed by atoms with Crippen LogP contribution < -0.4 is 5.73 Å². The summed E-state index contributed by atoms with van der Waals surface area (Å²) in [6.45, 7) is 0.373. The maximum absolute atomic E-state index is 9.44. The van der Waals surface area contributed by atoms with Crippen LogP contribution >= 0.6 is 0 Å². The van der Waals surface area contributed by atoms with Gasteiger partial charge in [0, 0.05) is 6.42 Å². The molecule has 2 fully saturated rings. The molecule has 8 nitrogen and oxygen atoms in total. The molecule has 2 saturated heterocycles. The zero-order valence-electron chi connectivity index (χ0n) is 10.1. The predicted molar refractivity (Wildman–Crippen MR) is 64.0 cm³/mol. The number of aliphatic hydroxyl groups is 1. The molecule has 4 rings (SSSR count). The van der Waals surface area contributed by atoms with E-state index in [2.05, 4.69) is 15.0 Å². The van der Waals surface area contributed by atoms with Crippen molar-refractivity contribution >= 4 is 17.0 Å². The summed E-state index contributed by atoms with van der Waals surface area (Å²) in [6, 6.07) is 0. The fourth-order valence-corrected chi connectivity index (χ4v) is 2.78. The average molecular weight is 263 g/mol. The first-order valence-corrected chi connectivity index (χ1v) is 6.06. The van der Waals surface area contributed by atoms with Crippen LogP contribution in [0.2, 0.25) is 0 Å². The first-order chi connectivity index (χ1) is 9.22. The summed E-state index contributed by atoms with van der Waals surface area (Å²) in [7, 11) is 0. The second kappa shape index (κ2) is 3.62. The SMILES string of the molecule is Nc1ncnc2c1ncn2[C@@H]1O[C@@]2(CO)CO[C@@H]1C2. The van der Waals surface area contributed by atoms with Crippen molar-refractivity contribution in [2.75, 3.05) is 18.9 Å². The van der Waals surface area contributed by atoms with Gasteiger partial charge in [0.05, 0.1) is 19.5 Å². The molecule has 8 heteroatoms. The van der Waals surface area contributed by atoms with Crippen molar-refractivity contribution in [3.05, 3.63) is 12.7 Å². The number of hydrogen-bond acceptors (Lipinski definition) is 7. The fourth-order valence-electron chi connectivity index (χ4n) is 2.78. The van der Waals surface area contributed by atoms with Crippen molar-refractivity contribution < 1.29 is 14.6 Å². The van der Waals surface area contributed by atoms with Gasteiger partial charge in [0.25, 0.3) is 0 Å². The number of aliphatic hydroxyl groups excluding tert-OH is 1. The molecule has 0 unspecified atom stereocenters. The molecule has 2 aliphatic rings. The Morgan fingerprint density at radius 3 is 3.16 bits per heavy atom. The monoisotopic (exact) mass is 263 g/mol. The predicted octanol–water partition coefficient (Wildman–Crippen LogP) is -0.543. The number of imidazole rings is 1. The average Bonchev–Trinajstić information content (AvgIpc) is 3.11. The van der Waals surface area contributed by atoms with Gasteiger partial charge in [-0.05, 0) is 0 Å². The van der Waals surface area contributed by atoms with Crippen LogP contribution in [0.5, 0.6) is 0 Å². The minimum absolute atomic E-state index is 0.0518. The summed E-state index contributed by atoms with van der Waals surface area (Å²) in [4.78, 5) is 12.3. The molecule has 0 radical (unpaired) electrons. The van der Waals surface area contributed by atoms with E-state index in [-0.39, 0.29) is 18.9 Å². The molecule has 19 heavy (non-hydrogen) atoms. The number of hydrogen-bond donors (Lipinski definition) is 2. The van der Waals surface area contributed by atoms with E-state index in [9.17, 15) is 5.11 Å². The van der Waals surface area contributed by atoms with E-state index in [0.717, 1.165) is 0 Å². The van der Waals surface area contributed by atoms with Gasteiger partial charge in [-0.15, -0.1) is 0 Å². The zero-order chi connectivity index (χ0) is 13.0. The summed E-state index contributed by atoms with van der Waals surface area (Å²) in [5.74, 6) is 0.338. The highest BCUT2D eigenvalue weighted by Crippen LogP contribution is 2.45. The topological polar surface area (TPSA) is 108 Å². The lowest BCUT2D eigenvalue weighted by Gasteiger charge is -2.29. The van der Waals surface area contributed by atoms with E-state index in [1.54, 1.807) is 10.9 Å². The lowest BCUT2D eigenvalue weighted by Crippen LogP contribution is -2.38. The van der Waals surface area contributed by atoms with Gasteiger partial charge in [-0.1, -0.05) is 0 Å². The third-order valence-corrected chi connectivity index (χ3v) is 3.77. The molecule has 0 amide bonds. The van der Waals surface area contributed by atoms with Gasteiger partial charge in [-0.2, -0.15) is 0 Å². The number of rotatable bonds is 2. The van der Waals surface area contributed by atoms with Gasteiger partial charge in [0.1, 0.15) is 23.5 Å². The van der Waals surface area contributed by atoms with Gasteiger partial charge in [-0.3, -0.25) is 4.57 Å². The molecule has 0 aliphatic carbocycles. The van der Waals surface area contributed by atoms with E-state index in [1.807, 2.05) is 0 Å². The van der Waals surface area contributed by atoms with Gasteiger partial charge in [0.2, 0.25) is 0 Å². The van der Waals surface area contributed by atoms with Gasteiger partial charge in [-0.25, -0.2) is 15.0 Å². The third kappa shape index (κ3) is 1.41. The molecule has 100 valence electrons. The molecule has 2 aromatic heterocycles. The summed E-state index contributed by atoms with van der Waals surface area (Å²) in [5.41, 5.74) is 6.33. The van der Waals surface area contributed by atoms with Crippen molar-refractivity contribution in [2.24, 2.45) is 0 Å². The van der Waals surface area contributed by atoms with E-state index in [4.69, 9.17) is 15.2 Å².